The minimum absolute atomic E-state index is 0.0150. The van der Waals surface area contributed by atoms with Gasteiger partial charge in [0.15, 0.2) is 0 Å². The van der Waals surface area contributed by atoms with Crippen molar-refractivity contribution in [3.63, 3.8) is 0 Å². The van der Waals surface area contributed by atoms with Gasteiger partial charge in [0.25, 0.3) is 0 Å². The molecule has 215 valence electrons. The SMILES string of the molecule is C[Si](C)OC(c1cccc(-c2ccc3cnc(Nc4ccc(C5CCN(CC(N)=O)CC5)cc4)nn23)c1)C(C)(C)C. The molecule has 3 heterocycles. The molecule has 8 nitrogen and oxygen atoms in total. The molecule has 1 aliphatic heterocycles. The minimum Gasteiger partial charge on any atom is -0.410 e. The molecule has 1 atom stereocenters. The molecule has 1 amide bonds. The average Bonchev–Trinajstić information content (AvgIpc) is 3.35. The Bertz CT molecular complexity index is 1490. The first-order valence-electron chi connectivity index (χ1n) is 14.4. The molecule has 0 aliphatic carbocycles. The van der Waals surface area contributed by atoms with Crippen LogP contribution < -0.4 is 11.1 Å². The van der Waals surface area contributed by atoms with Crippen LogP contribution >= 0.6 is 0 Å². The highest BCUT2D eigenvalue weighted by atomic mass is 28.3. The summed E-state index contributed by atoms with van der Waals surface area (Å²) in [5.41, 5.74) is 11.8. The highest BCUT2D eigenvalue weighted by molar-refractivity contribution is 6.48. The number of fused-ring (bicyclic) bond motifs is 1. The fourth-order valence-electron chi connectivity index (χ4n) is 5.63. The summed E-state index contributed by atoms with van der Waals surface area (Å²) in [4.78, 5) is 17.9. The van der Waals surface area contributed by atoms with E-state index >= 15 is 0 Å². The molecule has 1 radical (unpaired) electrons. The number of nitrogens with one attached hydrogen (secondary N) is 1. The number of carbonyl (C=O) groups excluding carboxylic acids is 1. The molecule has 9 heteroatoms. The van der Waals surface area contributed by atoms with Crippen LogP contribution in [0, 0.1) is 5.41 Å². The lowest BCUT2D eigenvalue weighted by molar-refractivity contribution is -0.119. The number of piperidine rings is 1. The largest absolute Gasteiger partial charge is 0.410 e. The average molecular weight is 570 g/mol. The van der Waals surface area contributed by atoms with Crippen molar-refractivity contribution in [2.24, 2.45) is 11.1 Å². The van der Waals surface area contributed by atoms with Gasteiger partial charge < -0.3 is 15.5 Å². The van der Waals surface area contributed by atoms with E-state index in [1.807, 2.05) is 16.8 Å². The summed E-state index contributed by atoms with van der Waals surface area (Å²) in [6.45, 7) is 13.2. The van der Waals surface area contributed by atoms with E-state index in [1.54, 1.807) is 0 Å². The zero-order valence-corrected chi connectivity index (χ0v) is 25.7. The fourth-order valence-corrected chi connectivity index (χ4v) is 6.59. The van der Waals surface area contributed by atoms with Crippen LogP contribution in [0.25, 0.3) is 16.8 Å². The lowest BCUT2D eigenvalue weighted by atomic mass is 9.84. The minimum atomic E-state index is -0.865. The summed E-state index contributed by atoms with van der Waals surface area (Å²) in [5.74, 6) is 0.773. The molecule has 4 aromatic rings. The van der Waals surface area contributed by atoms with Crippen molar-refractivity contribution in [2.75, 3.05) is 25.0 Å². The van der Waals surface area contributed by atoms with Crippen LogP contribution in [0.3, 0.4) is 0 Å². The van der Waals surface area contributed by atoms with Crippen LogP contribution in [0.4, 0.5) is 11.6 Å². The van der Waals surface area contributed by atoms with E-state index < -0.39 is 9.04 Å². The van der Waals surface area contributed by atoms with E-state index in [0.29, 0.717) is 18.4 Å². The Morgan fingerprint density at radius 2 is 1.83 bits per heavy atom. The molecule has 0 saturated carbocycles. The van der Waals surface area contributed by atoms with Gasteiger partial charge in [-0.3, -0.25) is 9.69 Å². The summed E-state index contributed by atoms with van der Waals surface area (Å²) in [5, 5.41) is 8.22. The van der Waals surface area contributed by atoms with Gasteiger partial charge in [0.2, 0.25) is 20.9 Å². The third-order valence-electron chi connectivity index (χ3n) is 7.63. The maximum Gasteiger partial charge on any atom is 0.245 e. The Hall–Kier alpha value is -3.53. The van der Waals surface area contributed by atoms with Crippen molar-refractivity contribution in [1.29, 1.82) is 0 Å². The maximum atomic E-state index is 11.2. The third kappa shape index (κ3) is 7.04. The molecule has 3 N–H and O–H groups in total. The van der Waals surface area contributed by atoms with E-state index in [0.717, 1.165) is 48.4 Å². The standard InChI is InChI=1S/C32H41N6O2Si/c1-32(2,3)30(40-41(4)5)25-8-6-7-24(19-25)28-14-13-27-20-34-31(36-38(27)28)35-26-11-9-22(10-12-26)23-15-17-37(18-16-23)21-29(33)39/h6-14,19-20,23,30H,15-18,21H2,1-5H3,(H2,33,39)(H,35,36). The quantitative estimate of drug-likeness (QED) is 0.234. The number of anilines is 2. The van der Waals surface area contributed by atoms with Gasteiger partial charge in [-0.25, -0.2) is 9.50 Å². The number of nitrogens with zero attached hydrogens (tertiary/aromatic N) is 4. The van der Waals surface area contributed by atoms with E-state index in [1.165, 1.54) is 11.1 Å². The first kappa shape index (κ1) is 29.0. The molecule has 1 unspecified atom stereocenters. The first-order valence-corrected chi connectivity index (χ1v) is 16.8. The smallest absolute Gasteiger partial charge is 0.245 e. The van der Waals surface area contributed by atoms with Crippen LogP contribution in [0.5, 0.6) is 0 Å². The zero-order valence-electron chi connectivity index (χ0n) is 24.7. The molecule has 1 fully saturated rings. The Balaban J connectivity index is 1.32. The van der Waals surface area contributed by atoms with Gasteiger partial charge in [0, 0.05) is 11.3 Å². The summed E-state index contributed by atoms with van der Waals surface area (Å²) in [6.07, 6.45) is 3.92. The van der Waals surface area contributed by atoms with E-state index in [-0.39, 0.29) is 17.4 Å². The molecule has 2 aromatic carbocycles. The van der Waals surface area contributed by atoms with Crippen molar-refractivity contribution >= 4 is 32.1 Å². The highest BCUT2D eigenvalue weighted by Gasteiger charge is 2.28. The Kier molecular flexibility index (Phi) is 8.58. The van der Waals surface area contributed by atoms with Gasteiger partial charge in [-0.05, 0) is 91.8 Å². The molecule has 2 aromatic heterocycles. The van der Waals surface area contributed by atoms with Crippen molar-refractivity contribution < 1.29 is 9.22 Å². The molecular formula is C32H41N6O2Si. The molecule has 1 saturated heterocycles. The number of hydrogen-bond donors (Lipinski definition) is 2. The normalized spacial score (nSPS) is 15.9. The molecular weight excluding hydrogens is 528 g/mol. The molecule has 41 heavy (non-hydrogen) atoms. The lowest BCUT2D eigenvalue weighted by Crippen LogP contribution is -2.39. The molecule has 5 rings (SSSR count). The van der Waals surface area contributed by atoms with Crippen LogP contribution in [-0.2, 0) is 9.22 Å². The van der Waals surface area contributed by atoms with Crippen molar-refractivity contribution in [1.82, 2.24) is 19.5 Å². The van der Waals surface area contributed by atoms with E-state index in [9.17, 15) is 4.79 Å². The van der Waals surface area contributed by atoms with Gasteiger partial charge in [0.1, 0.15) is 0 Å². The van der Waals surface area contributed by atoms with Gasteiger partial charge in [-0.2, -0.15) is 0 Å². The van der Waals surface area contributed by atoms with Gasteiger partial charge in [-0.1, -0.05) is 51.1 Å². The number of likely N-dealkylation sites (tertiary alicyclic amines) is 1. The van der Waals surface area contributed by atoms with Crippen molar-refractivity contribution in [3.05, 3.63) is 78.0 Å². The summed E-state index contributed by atoms with van der Waals surface area (Å²) >= 11 is 0. The fraction of sp³-hybridized carbons (Fsp3) is 0.406. The predicted molar refractivity (Wildman–Crippen MR) is 167 cm³/mol. The Morgan fingerprint density at radius 1 is 1.10 bits per heavy atom. The van der Waals surface area contributed by atoms with Gasteiger partial charge >= 0.3 is 0 Å². The van der Waals surface area contributed by atoms with E-state index in [2.05, 4.69) is 104 Å². The Labute approximate surface area is 244 Å². The molecule has 0 bridgehead atoms. The van der Waals surface area contributed by atoms with Crippen molar-refractivity contribution in [3.8, 4) is 11.3 Å². The van der Waals surface area contributed by atoms with E-state index in [4.69, 9.17) is 15.3 Å². The third-order valence-corrected chi connectivity index (χ3v) is 8.34. The summed E-state index contributed by atoms with van der Waals surface area (Å²) in [6, 6.07) is 21.3. The van der Waals surface area contributed by atoms with Gasteiger partial charge in [0.05, 0.1) is 30.1 Å². The summed E-state index contributed by atoms with van der Waals surface area (Å²) < 4.78 is 8.40. The molecule has 0 spiro atoms. The predicted octanol–water partition coefficient (Wildman–Crippen LogP) is 6.16. The number of carbonyl (C=O) groups is 1. The zero-order chi connectivity index (χ0) is 29.1. The first-order chi connectivity index (χ1) is 19.6. The number of amides is 1. The number of hydrogen-bond acceptors (Lipinski definition) is 6. The second-order valence-corrected chi connectivity index (χ2v) is 14.4. The van der Waals surface area contributed by atoms with Crippen LogP contribution in [0.15, 0.2) is 66.9 Å². The number of nitrogens with two attached hydrogens (primary N) is 1. The number of aromatic nitrogens is 3. The Morgan fingerprint density at radius 3 is 2.49 bits per heavy atom. The number of primary amides is 1. The topological polar surface area (TPSA) is 97.8 Å². The van der Waals surface area contributed by atoms with Crippen LogP contribution in [0.1, 0.15) is 56.8 Å². The second-order valence-electron chi connectivity index (χ2n) is 12.3. The summed E-state index contributed by atoms with van der Waals surface area (Å²) in [7, 11) is -0.865. The highest BCUT2D eigenvalue weighted by Crippen LogP contribution is 2.38. The maximum absolute atomic E-state index is 11.2. The number of rotatable bonds is 9. The lowest BCUT2D eigenvalue weighted by Gasteiger charge is -2.33. The second kappa shape index (κ2) is 12.1. The van der Waals surface area contributed by atoms with Crippen LogP contribution in [0.2, 0.25) is 13.1 Å². The molecule has 1 aliphatic rings. The van der Waals surface area contributed by atoms with Crippen LogP contribution in [-0.4, -0.2) is 54.1 Å². The number of benzene rings is 2. The van der Waals surface area contributed by atoms with Crippen molar-refractivity contribution in [2.45, 2.75) is 58.7 Å². The monoisotopic (exact) mass is 569 g/mol. The van der Waals surface area contributed by atoms with Gasteiger partial charge in [-0.15, -0.1) is 5.10 Å².